The van der Waals surface area contributed by atoms with Gasteiger partial charge in [0.1, 0.15) is 0 Å². The lowest BCUT2D eigenvalue weighted by molar-refractivity contribution is 0.127. The Hall–Kier alpha value is -2.34. The zero-order chi connectivity index (χ0) is 19.8. The number of nitrogens with one attached hydrogen (secondary N) is 1. The van der Waals surface area contributed by atoms with Gasteiger partial charge < -0.3 is 10.2 Å². The normalized spacial score (nSPS) is 17.0. The van der Waals surface area contributed by atoms with Crippen LogP contribution >= 0.6 is 0 Å². The van der Waals surface area contributed by atoms with Crippen LogP contribution in [0.1, 0.15) is 36.9 Å². The van der Waals surface area contributed by atoms with Gasteiger partial charge in [0.05, 0.1) is 6.20 Å². The fourth-order valence-corrected chi connectivity index (χ4v) is 3.99. The van der Waals surface area contributed by atoms with E-state index in [9.17, 15) is 0 Å². The first-order valence-corrected chi connectivity index (χ1v) is 10.4. The van der Waals surface area contributed by atoms with Crippen LogP contribution in [0.25, 0.3) is 0 Å². The number of hydrogen-bond donors (Lipinski definition) is 1. The van der Waals surface area contributed by atoms with Gasteiger partial charge in [0.25, 0.3) is 0 Å². The van der Waals surface area contributed by atoms with Crippen molar-refractivity contribution in [1.82, 2.24) is 24.9 Å². The Balaban J connectivity index is 1.44. The molecule has 0 aliphatic carbocycles. The summed E-state index contributed by atoms with van der Waals surface area (Å²) >= 11 is 0. The lowest BCUT2D eigenvalue weighted by Gasteiger charge is -2.40. The Morgan fingerprint density at radius 1 is 1.18 bits per heavy atom. The van der Waals surface area contributed by atoms with Crippen LogP contribution in [-0.4, -0.2) is 65.3 Å². The van der Waals surface area contributed by atoms with Crippen LogP contribution < -0.4 is 5.32 Å². The summed E-state index contributed by atoms with van der Waals surface area (Å²) in [5.41, 5.74) is 2.64. The second-order valence-corrected chi connectivity index (χ2v) is 7.47. The van der Waals surface area contributed by atoms with Crippen LogP contribution in [0.2, 0.25) is 0 Å². The molecule has 152 valence electrons. The van der Waals surface area contributed by atoms with Crippen LogP contribution in [0.3, 0.4) is 0 Å². The van der Waals surface area contributed by atoms with Gasteiger partial charge in [-0.1, -0.05) is 37.3 Å². The third kappa shape index (κ3) is 5.35. The Morgan fingerprint density at radius 3 is 2.54 bits per heavy atom. The molecule has 0 radical (unpaired) electrons. The first-order chi connectivity index (χ1) is 13.7. The lowest BCUT2D eigenvalue weighted by atomic mass is 10.0. The predicted molar refractivity (Wildman–Crippen MR) is 116 cm³/mol. The minimum atomic E-state index is 0.510. The van der Waals surface area contributed by atoms with Crippen molar-refractivity contribution in [1.29, 1.82) is 0 Å². The summed E-state index contributed by atoms with van der Waals surface area (Å²) in [6, 6.07) is 11.4. The third-order valence-electron chi connectivity index (χ3n) is 5.45. The van der Waals surface area contributed by atoms with Crippen molar-refractivity contribution in [3.8, 4) is 0 Å². The van der Waals surface area contributed by atoms with Crippen LogP contribution in [0.5, 0.6) is 0 Å². The number of nitrogens with zero attached hydrogens (tertiary/aromatic N) is 5. The van der Waals surface area contributed by atoms with E-state index in [2.05, 4.69) is 75.6 Å². The highest BCUT2D eigenvalue weighted by atomic mass is 15.4. The van der Waals surface area contributed by atoms with Gasteiger partial charge in [0.2, 0.25) is 0 Å². The van der Waals surface area contributed by atoms with Crippen LogP contribution in [-0.2, 0) is 6.54 Å². The highest BCUT2D eigenvalue weighted by Gasteiger charge is 2.25. The van der Waals surface area contributed by atoms with Gasteiger partial charge in [-0.3, -0.25) is 14.6 Å². The van der Waals surface area contributed by atoms with Gasteiger partial charge in [0, 0.05) is 58.6 Å². The number of hydrogen-bond acceptors (Lipinski definition) is 3. The van der Waals surface area contributed by atoms with Crippen molar-refractivity contribution in [3.63, 3.8) is 0 Å². The Kier molecular flexibility index (Phi) is 7.48. The van der Waals surface area contributed by atoms with Crippen molar-refractivity contribution >= 4 is 5.96 Å². The SMILES string of the molecule is CCC(c1ccccc1)N1CCN(C(=NC)NCCCn2cc(C)cn2)CC1. The number of aliphatic imine (C=N–C) groups is 1. The number of guanidine groups is 1. The molecular weight excluding hydrogens is 348 g/mol. The number of rotatable bonds is 7. The standard InChI is InChI=1S/C22H34N6/c1-4-21(20-9-6-5-7-10-20)26-13-15-27(16-14-26)22(23-3)24-11-8-12-28-18-19(2)17-25-28/h5-7,9-10,17-18,21H,4,8,11-16H2,1-3H3,(H,23,24). The van der Waals surface area contributed by atoms with Crippen molar-refractivity contribution < 1.29 is 0 Å². The maximum absolute atomic E-state index is 4.50. The zero-order valence-corrected chi connectivity index (χ0v) is 17.5. The summed E-state index contributed by atoms with van der Waals surface area (Å²) in [5.74, 6) is 1.02. The molecule has 1 aliphatic rings. The summed E-state index contributed by atoms with van der Waals surface area (Å²) in [6.45, 7) is 10.4. The van der Waals surface area contributed by atoms with Crippen molar-refractivity contribution in [3.05, 3.63) is 53.9 Å². The molecule has 1 N–H and O–H groups in total. The monoisotopic (exact) mass is 382 g/mol. The van der Waals surface area contributed by atoms with Gasteiger partial charge in [-0.15, -0.1) is 0 Å². The van der Waals surface area contributed by atoms with E-state index in [0.29, 0.717) is 6.04 Å². The van der Waals surface area contributed by atoms with Crippen molar-refractivity contribution in [2.75, 3.05) is 39.8 Å². The molecule has 1 saturated heterocycles. The van der Waals surface area contributed by atoms with E-state index in [-0.39, 0.29) is 0 Å². The van der Waals surface area contributed by atoms with E-state index in [1.807, 2.05) is 17.9 Å². The Bertz CT molecular complexity index is 730. The summed E-state index contributed by atoms with van der Waals surface area (Å²) in [4.78, 5) is 9.49. The summed E-state index contributed by atoms with van der Waals surface area (Å²) in [6.07, 6.45) is 6.17. The largest absolute Gasteiger partial charge is 0.356 e. The Morgan fingerprint density at radius 2 is 1.93 bits per heavy atom. The first-order valence-electron chi connectivity index (χ1n) is 10.4. The lowest BCUT2D eigenvalue weighted by Crippen LogP contribution is -2.53. The van der Waals surface area contributed by atoms with E-state index >= 15 is 0 Å². The minimum absolute atomic E-state index is 0.510. The molecule has 3 rings (SSSR count). The molecule has 1 atom stereocenters. The molecule has 1 unspecified atom stereocenters. The van der Waals surface area contributed by atoms with Gasteiger partial charge >= 0.3 is 0 Å². The first kappa shape index (κ1) is 20.4. The molecule has 1 aromatic heterocycles. The fraction of sp³-hybridized carbons (Fsp3) is 0.545. The van der Waals surface area contributed by atoms with Crippen molar-refractivity contribution in [2.24, 2.45) is 4.99 Å². The van der Waals surface area contributed by atoms with Gasteiger partial charge in [-0.05, 0) is 30.9 Å². The van der Waals surface area contributed by atoms with E-state index < -0.39 is 0 Å². The number of benzene rings is 1. The number of piperazine rings is 1. The molecule has 2 aromatic rings. The predicted octanol–water partition coefficient (Wildman–Crippen LogP) is 2.93. The van der Waals surface area contributed by atoms with Gasteiger partial charge in [-0.25, -0.2) is 0 Å². The van der Waals surface area contributed by atoms with Crippen LogP contribution in [0.4, 0.5) is 0 Å². The van der Waals surface area contributed by atoms with Crippen LogP contribution in [0, 0.1) is 6.92 Å². The molecule has 28 heavy (non-hydrogen) atoms. The quantitative estimate of drug-likeness (QED) is 0.454. The summed E-state index contributed by atoms with van der Waals surface area (Å²) < 4.78 is 2.01. The van der Waals surface area contributed by atoms with E-state index in [0.717, 1.165) is 58.1 Å². The molecule has 1 aliphatic heterocycles. The number of aromatic nitrogens is 2. The molecular formula is C22H34N6. The molecule has 2 heterocycles. The topological polar surface area (TPSA) is 48.7 Å². The molecule has 1 fully saturated rings. The Labute approximate surface area is 169 Å². The van der Waals surface area contributed by atoms with Crippen molar-refractivity contribution in [2.45, 2.75) is 39.3 Å². The average molecular weight is 383 g/mol. The highest BCUT2D eigenvalue weighted by molar-refractivity contribution is 5.79. The second kappa shape index (κ2) is 10.3. The molecule has 0 amide bonds. The molecule has 6 heteroatoms. The molecule has 6 nitrogen and oxygen atoms in total. The van der Waals surface area contributed by atoms with E-state index in [4.69, 9.17) is 0 Å². The van der Waals surface area contributed by atoms with Gasteiger partial charge in [0.15, 0.2) is 5.96 Å². The van der Waals surface area contributed by atoms with E-state index in [1.165, 1.54) is 11.1 Å². The maximum atomic E-state index is 4.50. The maximum Gasteiger partial charge on any atom is 0.193 e. The highest BCUT2D eigenvalue weighted by Crippen LogP contribution is 2.25. The third-order valence-corrected chi connectivity index (χ3v) is 5.45. The fourth-order valence-electron chi connectivity index (χ4n) is 3.99. The molecule has 0 saturated carbocycles. The molecule has 0 spiro atoms. The molecule has 0 bridgehead atoms. The van der Waals surface area contributed by atoms with E-state index in [1.54, 1.807) is 0 Å². The number of aryl methyl sites for hydroxylation is 2. The van der Waals surface area contributed by atoms with Crippen LogP contribution in [0.15, 0.2) is 47.7 Å². The summed E-state index contributed by atoms with van der Waals surface area (Å²) in [7, 11) is 1.88. The minimum Gasteiger partial charge on any atom is -0.356 e. The zero-order valence-electron chi connectivity index (χ0n) is 17.5. The summed E-state index contributed by atoms with van der Waals surface area (Å²) in [5, 5.41) is 7.87. The second-order valence-electron chi connectivity index (χ2n) is 7.47. The molecule has 1 aromatic carbocycles. The smallest absolute Gasteiger partial charge is 0.193 e. The van der Waals surface area contributed by atoms with Gasteiger partial charge in [-0.2, -0.15) is 5.10 Å². The average Bonchev–Trinajstić information content (AvgIpc) is 3.15.